The molecule has 0 saturated heterocycles. The first-order valence-electron chi connectivity index (χ1n) is 4.72. The Kier molecular flexibility index (Phi) is 3.92. The van der Waals surface area contributed by atoms with Crippen molar-refractivity contribution in [3.8, 4) is 5.75 Å². The third kappa shape index (κ3) is 4.31. The maximum atomic E-state index is 10.7. The fourth-order valence-corrected chi connectivity index (χ4v) is 1.15. The van der Waals surface area contributed by atoms with Crippen LogP contribution in [-0.4, -0.2) is 12.5 Å². The van der Waals surface area contributed by atoms with Crippen LogP contribution in [0.4, 0.5) is 0 Å². The van der Waals surface area contributed by atoms with Crippen LogP contribution in [0.15, 0.2) is 36.4 Å². The quantitative estimate of drug-likeness (QED) is 0.743. The molecule has 1 aromatic rings. The average Bonchev–Trinajstić information content (AvgIpc) is 2.14. The van der Waals surface area contributed by atoms with Crippen LogP contribution >= 0.6 is 0 Å². The van der Waals surface area contributed by atoms with Crippen molar-refractivity contribution in [2.24, 2.45) is 5.73 Å². The van der Waals surface area contributed by atoms with Crippen molar-refractivity contribution in [3.63, 3.8) is 0 Å². The summed E-state index contributed by atoms with van der Waals surface area (Å²) in [6.07, 6.45) is 0.240. The van der Waals surface area contributed by atoms with Crippen molar-refractivity contribution in [2.75, 3.05) is 6.61 Å². The summed E-state index contributed by atoms with van der Waals surface area (Å²) in [7, 11) is 0. The molecule has 3 nitrogen and oxygen atoms in total. The van der Waals surface area contributed by atoms with Crippen LogP contribution in [0, 0.1) is 0 Å². The summed E-state index contributed by atoms with van der Waals surface area (Å²) in [5.41, 5.74) is 6.92. The zero-order chi connectivity index (χ0) is 11.3. The average molecular weight is 205 g/mol. The topological polar surface area (TPSA) is 52.3 Å². The van der Waals surface area contributed by atoms with Gasteiger partial charge in [0.05, 0.1) is 6.42 Å². The largest absolute Gasteiger partial charge is 0.489 e. The van der Waals surface area contributed by atoms with Gasteiger partial charge in [0.2, 0.25) is 5.91 Å². The lowest BCUT2D eigenvalue weighted by molar-refractivity contribution is -0.117. The summed E-state index contributed by atoms with van der Waals surface area (Å²) in [4.78, 5) is 10.7. The number of hydrogen-bond acceptors (Lipinski definition) is 2. The summed E-state index contributed by atoms with van der Waals surface area (Å²) in [5, 5.41) is 0. The first-order valence-corrected chi connectivity index (χ1v) is 4.72. The number of benzene rings is 1. The van der Waals surface area contributed by atoms with Gasteiger partial charge in [-0.05, 0) is 30.2 Å². The van der Waals surface area contributed by atoms with Crippen LogP contribution in [0.2, 0.25) is 0 Å². The Morgan fingerprint density at radius 3 is 2.87 bits per heavy atom. The fraction of sp³-hybridized carbons (Fsp3) is 0.250. The second-order valence-electron chi connectivity index (χ2n) is 3.54. The van der Waals surface area contributed by atoms with Crippen LogP contribution in [0.5, 0.6) is 5.75 Å². The SMILES string of the molecule is C=C(C)COc1cccc(CC(N)=O)c1. The molecule has 0 aliphatic carbocycles. The van der Waals surface area contributed by atoms with Gasteiger partial charge in [0.25, 0.3) is 0 Å². The minimum atomic E-state index is -0.341. The Hall–Kier alpha value is -1.77. The second-order valence-corrected chi connectivity index (χ2v) is 3.54. The van der Waals surface area contributed by atoms with Crippen LogP contribution in [0.1, 0.15) is 12.5 Å². The summed E-state index contributed by atoms with van der Waals surface area (Å²) in [6.45, 7) is 6.12. The lowest BCUT2D eigenvalue weighted by Crippen LogP contribution is -2.13. The minimum absolute atomic E-state index is 0.240. The molecular weight excluding hydrogens is 190 g/mol. The Morgan fingerprint density at radius 2 is 2.27 bits per heavy atom. The van der Waals surface area contributed by atoms with Crippen LogP contribution in [0.25, 0.3) is 0 Å². The van der Waals surface area contributed by atoms with Gasteiger partial charge in [-0.25, -0.2) is 0 Å². The van der Waals surface area contributed by atoms with Gasteiger partial charge >= 0.3 is 0 Å². The van der Waals surface area contributed by atoms with Crippen molar-refractivity contribution >= 4 is 5.91 Å². The van der Waals surface area contributed by atoms with E-state index >= 15 is 0 Å². The smallest absolute Gasteiger partial charge is 0.221 e. The monoisotopic (exact) mass is 205 g/mol. The third-order valence-electron chi connectivity index (χ3n) is 1.76. The van der Waals surface area contributed by atoms with E-state index in [-0.39, 0.29) is 12.3 Å². The van der Waals surface area contributed by atoms with Gasteiger partial charge in [-0.2, -0.15) is 0 Å². The highest BCUT2D eigenvalue weighted by Crippen LogP contribution is 2.14. The number of carbonyl (C=O) groups is 1. The molecule has 15 heavy (non-hydrogen) atoms. The van der Waals surface area contributed by atoms with E-state index in [1.807, 2.05) is 31.2 Å². The Labute approximate surface area is 89.5 Å². The highest BCUT2D eigenvalue weighted by Gasteiger charge is 2.00. The summed E-state index contributed by atoms with van der Waals surface area (Å²) in [6, 6.07) is 7.34. The van der Waals surface area contributed by atoms with Gasteiger partial charge < -0.3 is 10.5 Å². The molecule has 0 aliphatic rings. The molecule has 0 spiro atoms. The third-order valence-corrected chi connectivity index (χ3v) is 1.76. The van der Waals surface area contributed by atoms with Crippen LogP contribution < -0.4 is 10.5 Å². The zero-order valence-electron chi connectivity index (χ0n) is 8.82. The lowest BCUT2D eigenvalue weighted by Gasteiger charge is -2.06. The van der Waals surface area contributed by atoms with Crippen LogP contribution in [0.3, 0.4) is 0 Å². The molecule has 0 fully saturated rings. The van der Waals surface area contributed by atoms with Crippen molar-refractivity contribution in [1.82, 2.24) is 0 Å². The first kappa shape index (κ1) is 11.3. The van der Waals surface area contributed by atoms with E-state index in [0.29, 0.717) is 6.61 Å². The maximum absolute atomic E-state index is 10.7. The molecule has 0 atom stereocenters. The molecule has 3 heteroatoms. The predicted molar refractivity (Wildman–Crippen MR) is 59.6 cm³/mol. The molecule has 0 aliphatic heterocycles. The molecule has 0 bridgehead atoms. The van der Waals surface area contributed by atoms with Crippen molar-refractivity contribution in [2.45, 2.75) is 13.3 Å². The second kappa shape index (κ2) is 5.20. The molecule has 1 amide bonds. The first-order chi connectivity index (χ1) is 7.08. The number of nitrogens with two attached hydrogens (primary N) is 1. The molecule has 80 valence electrons. The van der Waals surface area contributed by atoms with Gasteiger partial charge in [-0.3, -0.25) is 4.79 Å². The van der Waals surface area contributed by atoms with E-state index < -0.39 is 0 Å². The van der Waals surface area contributed by atoms with Crippen LogP contribution in [-0.2, 0) is 11.2 Å². The molecule has 0 saturated carbocycles. The van der Waals surface area contributed by atoms with E-state index in [1.165, 1.54) is 0 Å². The molecular formula is C12H15NO2. The minimum Gasteiger partial charge on any atom is -0.489 e. The van der Waals surface area contributed by atoms with Gasteiger partial charge in [0, 0.05) is 0 Å². The van der Waals surface area contributed by atoms with Crippen molar-refractivity contribution < 1.29 is 9.53 Å². The number of primary amides is 1. The highest BCUT2D eigenvalue weighted by atomic mass is 16.5. The molecule has 1 rings (SSSR count). The molecule has 1 aromatic carbocycles. The number of ether oxygens (including phenoxy) is 1. The predicted octanol–water partition coefficient (Wildman–Crippen LogP) is 1.67. The summed E-state index contributed by atoms with van der Waals surface area (Å²) >= 11 is 0. The lowest BCUT2D eigenvalue weighted by atomic mass is 10.1. The van der Waals surface area contributed by atoms with E-state index in [0.717, 1.165) is 16.9 Å². The Bertz CT molecular complexity index is 372. The number of rotatable bonds is 5. The molecule has 0 unspecified atom stereocenters. The maximum Gasteiger partial charge on any atom is 0.221 e. The van der Waals surface area contributed by atoms with E-state index in [2.05, 4.69) is 6.58 Å². The molecule has 0 radical (unpaired) electrons. The van der Waals surface area contributed by atoms with Gasteiger partial charge in [0.15, 0.2) is 0 Å². The fourth-order valence-electron chi connectivity index (χ4n) is 1.15. The highest BCUT2D eigenvalue weighted by molar-refractivity contribution is 5.76. The van der Waals surface area contributed by atoms with Gasteiger partial charge in [-0.15, -0.1) is 0 Å². The number of amides is 1. The van der Waals surface area contributed by atoms with E-state index in [9.17, 15) is 4.79 Å². The Morgan fingerprint density at radius 1 is 1.53 bits per heavy atom. The zero-order valence-corrected chi connectivity index (χ0v) is 8.82. The van der Waals surface area contributed by atoms with Gasteiger partial charge in [-0.1, -0.05) is 18.7 Å². The molecule has 0 heterocycles. The molecule has 0 aromatic heterocycles. The Balaban J connectivity index is 2.65. The number of carbonyl (C=O) groups excluding carboxylic acids is 1. The summed E-state index contributed by atoms with van der Waals surface area (Å²) in [5.74, 6) is 0.392. The number of hydrogen-bond donors (Lipinski definition) is 1. The summed E-state index contributed by atoms with van der Waals surface area (Å²) < 4.78 is 5.44. The van der Waals surface area contributed by atoms with E-state index in [4.69, 9.17) is 10.5 Å². The van der Waals surface area contributed by atoms with Crippen molar-refractivity contribution in [1.29, 1.82) is 0 Å². The van der Waals surface area contributed by atoms with Crippen molar-refractivity contribution in [3.05, 3.63) is 42.0 Å². The standard InChI is InChI=1S/C12H15NO2/c1-9(2)8-15-11-5-3-4-10(6-11)7-12(13)14/h3-6H,1,7-8H2,2H3,(H2,13,14). The van der Waals surface area contributed by atoms with E-state index in [1.54, 1.807) is 0 Å². The molecule has 2 N–H and O–H groups in total. The normalized spacial score (nSPS) is 9.67. The van der Waals surface area contributed by atoms with Gasteiger partial charge in [0.1, 0.15) is 12.4 Å².